The van der Waals surface area contributed by atoms with E-state index in [9.17, 15) is 0 Å². The number of hydrogen-bond donors (Lipinski definition) is 0. The Morgan fingerprint density at radius 1 is 0.644 bits per heavy atom. The molecule has 2 aliphatic heterocycles. The van der Waals surface area contributed by atoms with E-state index in [2.05, 4.69) is 179 Å². The van der Waals surface area contributed by atoms with Crippen LogP contribution in [0.2, 0.25) is 0 Å². The van der Waals surface area contributed by atoms with Crippen LogP contribution in [-0.4, -0.2) is 21.2 Å². The summed E-state index contributed by atoms with van der Waals surface area (Å²) in [5.41, 5.74) is 14.2. The van der Waals surface area contributed by atoms with Gasteiger partial charge < -0.3 is 19.0 Å². The van der Waals surface area contributed by atoms with Crippen molar-refractivity contribution in [3.63, 3.8) is 0 Å². The number of fused-ring (bicyclic) bond motifs is 6. The summed E-state index contributed by atoms with van der Waals surface area (Å²) >= 11 is 0. The molecule has 2 aliphatic rings. The van der Waals surface area contributed by atoms with Gasteiger partial charge in [-0.1, -0.05) is 106 Å². The third-order valence-corrected chi connectivity index (χ3v) is 11.8. The minimum Gasteiger partial charge on any atom is -0.503 e. The van der Waals surface area contributed by atoms with E-state index in [-0.39, 0.29) is 33.2 Å². The summed E-state index contributed by atoms with van der Waals surface area (Å²) in [5.74, 6) is 3.95. The van der Waals surface area contributed by atoms with Gasteiger partial charge in [-0.2, -0.15) is 0 Å². The predicted molar refractivity (Wildman–Crippen MR) is 236 cm³/mol. The Morgan fingerprint density at radius 2 is 1.29 bits per heavy atom. The largest absolute Gasteiger partial charge is 2.00 e. The molecule has 0 aliphatic carbocycles. The molecule has 11 rings (SSSR count). The van der Waals surface area contributed by atoms with E-state index in [1.165, 1.54) is 21.9 Å². The number of hydrogen-bond acceptors (Lipinski definition) is 4. The van der Waals surface area contributed by atoms with Gasteiger partial charge in [0.1, 0.15) is 11.5 Å². The standard InChI is InChI=1S/C52H38BN3O2.Pt/c1-31-12-10-13-32(2)50(31)56-44-19-9-8-18-43(44)55-51(56)35-22-25-46-41(27-35)53-40-26-34(21-24-45(40)57-47-28-37(52(3,4)5)29-48(58-46)49(47)53)42-23-20-36(30-54-42)39-17-11-15-33-14-6-7-16-38(33)39;/h6-25,28-30H,1-5H3;/q-2;+2. The van der Waals surface area contributed by atoms with Crippen LogP contribution in [0, 0.1) is 26.0 Å². The number of nitrogens with zero attached hydrogens (tertiary/aromatic N) is 3. The Bertz CT molecular complexity index is 3100. The van der Waals surface area contributed by atoms with Crippen LogP contribution in [0.1, 0.15) is 37.5 Å². The fourth-order valence-electron chi connectivity index (χ4n) is 8.82. The van der Waals surface area contributed by atoms with Gasteiger partial charge in [-0.25, -0.2) is 0 Å². The first kappa shape index (κ1) is 37.1. The summed E-state index contributed by atoms with van der Waals surface area (Å²) in [5, 5.41) is 2.42. The van der Waals surface area contributed by atoms with Gasteiger partial charge in [0, 0.05) is 28.8 Å². The Labute approximate surface area is 359 Å². The van der Waals surface area contributed by atoms with E-state index >= 15 is 0 Å². The summed E-state index contributed by atoms with van der Waals surface area (Å²) in [4.78, 5) is 10.3. The van der Waals surface area contributed by atoms with Gasteiger partial charge in [-0.05, 0) is 87.8 Å². The zero-order chi connectivity index (χ0) is 39.3. The molecule has 7 aromatic carbocycles. The van der Waals surface area contributed by atoms with Crippen molar-refractivity contribution in [1.29, 1.82) is 0 Å². The van der Waals surface area contributed by atoms with E-state index in [0.29, 0.717) is 0 Å². The van der Waals surface area contributed by atoms with E-state index < -0.39 is 0 Å². The molecule has 0 saturated carbocycles. The monoisotopic (exact) mass is 942 g/mol. The number of aryl methyl sites for hydroxylation is 2. The van der Waals surface area contributed by atoms with Gasteiger partial charge in [0.05, 0.1) is 16.9 Å². The molecule has 9 aromatic rings. The first-order valence-corrected chi connectivity index (χ1v) is 19.9. The molecule has 0 unspecified atom stereocenters. The van der Waals surface area contributed by atoms with Crippen LogP contribution >= 0.6 is 0 Å². The number of aromatic nitrogens is 3. The molecule has 0 spiro atoms. The normalized spacial score (nSPS) is 12.6. The number of rotatable bonds is 4. The second-order valence-corrected chi connectivity index (χ2v) is 16.5. The van der Waals surface area contributed by atoms with Crippen LogP contribution in [0.5, 0.6) is 23.0 Å². The molecule has 7 heteroatoms. The molecule has 0 saturated heterocycles. The summed E-state index contributed by atoms with van der Waals surface area (Å²) in [6.45, 7) is 10.7. The van der Waals surface area contributed by atoms with Gasteiger partial charge >= 0.3 is 21.1 Å². The van der Waals surface area contributed by atoms with Gasteiger partial charge in [0.25, 0.3) is 0 Å². The van der Waals surface area contributed by atoms with Crippen LogP contribution in [0.25, 0.3) is 61.3 Å². The smallest absolute Gasteiger partial charge is 0.503 e. The van der Waals surface area contributed by atoms with E-state index in [1.54, 1.807) is 0 Å². The average Bonchev–Trinajstić information content (AvgIpc) is 3.62. The minimum atomic E-state index is -0.251. The average molecular weight is 943 g/mol. The first-order valence-electron chi connectivity index (χ1n) is 19.9. The first-order chi connectivity index (χ1) is 28.2. The topological polar surface area (TPSA) is 49.2 Å². The Hall–Kier alpha value is -6.23. The van der Waals surface area contributed by atoms with Gasteiger partial charge in [-0.3, -0.25) is 4.98 Å². The summed E-state index contributed by atoms with van der Waals surface area (Å²) in [7, 11) is 0. The molecule has 0 bridgehead atoms. The fraction of sp³-hybridized carbons (Fsp3) is 0.115. The van der Waals surface area contributed by atoms with Crippen molar-refractivity contribution in [2.75, 3.05) is 0 Å². The molecule has 0 atom stereocenters. The van der Waals surface area contributed by atoms with Crippen molar-refractivity contribution in [3.05, 3.63) is 168 Å². The second-order valence-electron chi connectivity index (χ2n) is 16.5. The van der Waals surface area contributed by atoms with Crippen LogP contribution in [0.3, 0.4) is 0 Å². The number of benzene rings is 7. The summed E-state index contributed by atoms with van der Waals surface area (Å²) < 4.78 is 15.9. The van der Waals surface area contributed by atoms with Crippen LogP contribution in [0.4, 0.5) is 0 Å². The van der Waals surface area contributed by atoms with Crippen molar-refractivity contribution in [2.24, 2.45) is 0 Å². The number of imidazole rings is 1. The van der Waals surface area contributed by atoms with Gasteiger partial charge in [0.2, 0.25) is 6.71 Å². The molecular weight excluding hydrogens is 904 g/mol. The molecular formula is C52H38BN3O2Pt. The van der Waals surface area contributed by atoms with Crippen LogP contribution in [0.15, 0.2) is 140 Å². The van der Waals surface area contributed by atoms with Crippen molar-refractivity contribution < 1.29 is 30.5 Å². The molecule has 0 amide bonds. The minimum absolute atomic E-state index is 0. The third-order valence-electron chi connectivity index (χ3n) is 11.8. The van der Waals surface area contributed by atoms with E-state index in [4.69, 9.17) is 19.4 Å². The number of ether oxygens (including phenoxy) is 2. The number of para-hydroxylation sites is 3. The molecule has 5 nitrogen and oxygen atoms in total. The van der Waals surface area contributed by atoms with Crippen LogP contribution < -0.4 is 25.9 Å². The Kier molecular flexibility index (Phi) is 8.77. The molecule has 59 heavy (non-hydrogen) atoms. The predicted octanol–water partition coefficient (Wildman–Crippen LogP) is 10.8. The molecule has 0 fully saturated rings. The third kappa shape index (κ3) is 6.04. The Morgan fingerprint density at radius 3 is 2.00 bits per heavy atom. The maximum atomic E-state index is 6.81. The second kappa shape index (κ2) is 14.0. The molecule has 0 N–H and O–H groups in total. The maximum Gasteiger partial charge on any atom is 2.00 e. The summed E-state index contributed by atoms with van der Waals surface area (Å²) in [6.07, 6.45) is 1.97. The van der Waals surface area contributed by atoms with Crippen molar-refractivity contribution in [1.82, 2.24) is 14.5 Å². The van der Waals surface area contributed by atoms with Gasteiger partial charge in [0.15, 0.2) is 0 Å². The molecule has 286 valence electrons. The van der Waals surface area contributed by atoms with Crippen molar-refractivity contribution >= 4 is 44.9 Å². The SMILES string of the molecule is Cc1cccc(C)c1-n1c(-c2[c-]c3c(cc2)Oc2cc(C(C)(C)C)cc4c2B3c2[c-]c(-c3ccc(-c5cccc6ccccc56)cn3)ccc2O4)nc2ccccc21.[Pt+2]. The van der Waals surface area contributed by atoms with Crippen molar-refractivity contribution in [3.8, 4) is 62.5 Å². The van der Waals surface area contributed by atoms with E-state index in [1.807, 2.05) is 12.3 Å². The van der Waals surface area contributed by atoms with Crippen LogP contribution in [-0.2, 0) is 26.5 Å². The quantitative estimate of drug-likeness (QED) is 0.130. The molecule has 0 radical (unpaired) electrons. The molecule has 4 heterocycles. The van der Waals surface area contributed by atoms with Gasteiger partial charge in [-0.15, -0.1) is 58.5 Å². The number of pyridine rings is 1. The zero-order valence-corrected chi connectivity index (χ0v) is 35.6. The van der Waals surface area contributed by atoms with E-state index in [0.717, 1.165) is 95.4 Å². The Balaban J connectivity index is 0.00000420. The maximum absolute atomic E-state index is 6.81. The summed E-state index contributed by atoms with van der Waals surface area (Å²) in [6, 6.07) is 54.2. The molecule has 2 aromatic heterocycles. The van der Waals surface area contributed by atoms with Crippen molar-refractivity contribution in [2.45, 2.75) is 40.0 Å². The fourth-order valence-corrected chi connectivity index (χ4v) is 8.82. The zero-order valence-electron chi connectivity index (χ0n) is 33.3.